The molecule has 0 spiro atoms. The molecule has 3 N–H and O–H groups in total. The molecule has 0 fully saturated rings. The van der Waals surface area contributed by atoms with E-state index in [0.717, 1.165) is 17.7 Å². The minimum absolute atomic E-state index is 0.0346. The minimum atomic E-state index is -0.430. The standard InChI is InChI=1S/C14H21N3O4/c1-10(18)11(15)4-2-3-8-16-12(19)7-9-17-13(20)5-6-14(17)21/h5-6,11H,2-4,7-9,15H2,1H3,(H,16,19)/t11-/m0/s1. The highest BCUT2D eigenvalue weighted by Crippen LogP contribution is 2.04. The molecule has 0 aliphatic carbocycles. The second kappa shape index (κ2) is 8.31. The van der Waals surface area contributed by atoms with Crippen molar-refractivity contribution in [3.8, 4) is 0 Å². The molecule has 0 bridgehead atoms. The van der Waals surface area contributed by atoms with Crippen LogP contribution in [0, 0.1) is 0 Å². The van der Waals surface area contributed by atoms with Crippen LogP contribution in [0.3, 0.4) is 0 Å². The predicted molar refractivity (Wildman–Crippen MR) is 76.0 cm³/mol. The maximum absolute atomic E-state index is 11.6. The van der Waals surface area contributed by atoms with E-state index in [-0.39, 0.29) is 36.5 Å². The molecule has 0 unspecified atom stereocenters. The van der Waals surface area contributed by atoms with Crippen molar-refractivity contribution in [3.63, 3.8) is 0 Å². The largest absolute Gasteiger partial charge is 0.356 e. The maximum atomic E-state index is 11.6. The molecule has 3 amide bonds. The second-order valence-electron chi connectivity index (χ2n) is 4.97. The van der Waals surface area contributed by atoms with Crippen LogP contribution in [-0.4, -0.2) is 47.5 Å². The predicted octanol–water partition coefficient (Wildman–Crippen LogP) is -0.496. The Kier molecular flexibility index (Phi) is 6.74. The van der Waals surface area contributed by atoms with Gasteiger partial charge in [-0.2, -0.15) is 0 Å². The summed E-state index contributed by atoms with van der Waals surface area (Å²) in [6, 6.07) is -0.430. The highest BCUT2D eigenvalue weighted by atomic mass is 16.2. The Bertz CT molecular complexity index is 441. The maximum Gasteiger partial charge on any atom is 0.253 e. The van der Waals surface area contributed by atoms with E-state index in [4.69, 9.17) is 5.73 Å². The van der Waals surface area contributed by atoms with Gasteiger partial charge in [-0.05, 0) is 26.2 Å². The zero-order chi connectivity index (χ0) is 15.8. The number of carbonyl (C=O) groups is 4. The number of unbranched alkanes of at least 4 members (excludes halogenated alkanes) is 1. The van der Waals surface area contributed by atoms with E-state index in [1.165, 1.54) is 19.1 Å². The van der Waals surface area contributed by atoms with Gasteiger partial charge >= 0.3 is 0 Å². The van der Waals surface area contributed by atoms with Crippen molar-refractivity contribution in [1.82, 2.24) is 10.2 Å². The number of rotatable bonds is 9. The lowest BCUT2D eigenvalue weighted by Gasteiger charge is -2.13. The first kappa shape index (κ1) is 17.0. The Morgan fingerprint density at radius 2 is 1.86 bits per heavy atom. The number of amides is 3. The molecule has 7 heteroatoms. The molecule has 1 atom stereocenters. The third kappa shape index (κ3) is 5.86. The highest BCUT2D eigenvalue weighted by molar-refractivity contribution is 6.13. The van der Waals surface area contributed by atoms with Crippen molar-refractivity contribution in [2.75, 3.05) is 13.1 Å². The van der Waals surface area contributed by atoms with E-state index in [0.29, 0.717) is 13.0 Å². The lowest BCUT2D eigenvalue weighted by atomic mass is 10.1. The Hall–Kier alpha value is -2.02. The summed E-state index contributed by atoms with van der Waals surface area (Å²) in [5, 5.41) is 2.70. The fraction of sp³-hybridized carbons (Fsp3) is 0.571. The van der Waals surface area contributed by atoms with Crippen molar-refractivity contribution < 1.29 is 19.2 Å². The van der Waals surface area contributed by atoms with E-state index < -0.39 is 6.04 Å². The van der Waals surface area contributed by atoms with Crippen LogP contribution in [0.1, 0.15) is 32.6 Å². The molecule has 0 saturated carbocycles. The molecule has 1 heterocycles. The Morgan fingerprint density at radius 3 is 2.43 bits per heavy atom. The van der Waals surface area contributed by atoms with E-state index in [2.05, 4.69) is 5.32 Å². The first-order valence-electron chi connectivity index (χ1n) is 6.98. The average molecular weight is 295 g/mol. The fourth-order valence-electron chi connectivity index (χ4n) is 1.87. The number of imide groups is 1. The van der Waals surface area contributed by atoms with Crippen LogP contribution in [0.15, 0.2) is 12.2 Å². The van der Waals surface area contributed by atoms with Crippen LogP contribution >= 0.6 is 0 Å². The molecule has 1 aliphatic heterocycles. The zero-order valence-corrected chi connectivity index (χ0v) is 12.1. The molecule has 0 radical (unpaired) electrons. The van der Waals surface area contributed by atoms with Crippen LogP contribution in [0.4, 0.5) is 0 Å². The molecular weight excluding hydrogens is 274 g/mol. The van der Waals surface area contributed by atoms with Gasteiger partial charge in [-0.3, -0.25) is 24.1 Å². The molecular formula is C14H21N3O4. The van der Waals surface area contributed by atoms with Crippen molar-refractivity contribution in [3.05, 3.63) is 12.2 Å². The van der Waals surface area contributed by atoms with Gasteiger partial charge in [-0.15, -0.1) is 0 Å². The summed E-state index contributed by atoms with van der Waals surface area (Å²) in [5.41, 5.74) is 5.59. The summed E-state index contributed by atoms with van der Waals surface area (Å²) < 4.78 is 0. The van der Waals surface area contributed by atoms with E-state index in [9.17, 15) is 19.2 Å². The first-order chi connectivity index (χ1) is 9.91. The van der Waals surface area contributed by atoms with Crippen molar-refractivity contribution in [2.24, 2.45) is 5.73 Å². The summed E-state index contributed by atoms with van der Waals surface area (Å²) >= 11 is 0. The van der Waals surface area contributed by atoms with Gasteiger partial charge in [-0.25, -0.2) is 0 Å². The molecule has 0 aromatic heterocycles. The van der Waals surface area contributed by atoms with Gasteiger partial charge in [0.05, 0.1) is 6.04 Å². The number of carbonyl (C=O) groups excluding carboxylic acids is 4. The van der Waals surface area contributed by atoms with Crippen LogP contribution in [-0.2, 0) is 19.2 Å². The summed E-state index contributed by atoms with van der Waals surface area (Å²) in [7, 11) is 0. The second-order valence-corrected chi connectivity index (χ2v) is 4.97. The Balaban J connectivity index is 2.08. The Morgan fingerprint density at radius 1 is 1.24 bits per heavy atom. The summed E-state index contributed by atoms with van der Waals surface area (Å²) in [6.07, 6.45) is 4.57. The van der Waals surface area contributed by atoms with Gasteiger partial charge in [0.15, 0.2) is 0 Å². The topological polar surface area (TPSA) is 110 Å². The third-order valence-corrected chi connectivity index (χ3v) is 3.25. The number of hydrogen-bond acceptors (Lipinski definition) is 5. The van der Waals surface area contributed by atoms with Gasteiger partial charge in [0.2, 0.25) is 5.91 Å². The van der Waals surface area contributed by atoms with Crippen LogP contribution in [0.25, 0.3) is 0 Å². The van der Waals surface area contributed by atoms with Crippen molar-refractivity contribution in [1.29, 1.82) is 0 Å². The number of nitrogens with zero attached hydrogens (tertiary/aromatic N) is 1. The van der Waals surface area contributed by atoms with Crippen molar-refractivity contribution in [2.45, 2.75) is 38.6 Å². The third-order valence-electron chi connectivity index (χ3n) is 3.25. The van der Waals surface area contributed by atoms with E-state index in [1.807, 2.05) is 0 Å². The van der Waals surface area contributed by atoms with Gasteiger partial charge in [-0.1, -0.05) is 0 Å². The highest BCUT2D eigenvalue weighted by Gasteiger charge is 2.23. The smallest absolute Gasteiger partial charge is 0.253 e. The van der Waals surface area contributed by atoms with E-state index >= 15 is 0 Å². The van der Waals surface area contributed by atoms with E-state index in [1.54, 1.807) is 0 Å². The first-order valence-corrected chi connectivity index (χ1v) is 6.98. The van der Waals surface area contributed by atoms with Gasteiger partial charge in [0, 0.05) is 31.7 Å². The molecule has 0 aromatic rings. The number of ketones is 1. The SMILES string of the molecule is CC(=O)[C@@H](N)CCCCNC(=O)CCN1C(=O)C=CC1=O. The normalized spacial score (nSPS) is 15.4. The molecule has 21 heavy (non-hydrogen) atoms. The van der Waals surface area contributed by atoms with Crippen molar-refractivity contribution >= 4 is 23.5 Å². The molecule has 0 saturated heterocycles. The summed E-state index contributed by atoms with van der Waals surface area (Å²) in [4.78, 5) is 46.0. The van der Waals surface area contributed by atoms with Crippen LogP contribution in [0.2, 0.25) is 0 Å². The number of nitrogens with two attached hydrogens (primary N) is 1. The monoisotopic (exact) mass is 295 g/mol. The number of nitrogens with one attached hydrogen (secondary N) is 1. The van der Waals surface area contributed by atoms with Gasteiger partial charge in [0.25, 0.3) is 11.8 Å². The molecule has 0 aromatic carbocycles. The number of Topliss-reactive ketones (excluding diaryl/α,β-unsaturated/α-hetero) is 1. The average Bonchev–Trinajstić information content (AvgIpc) is 2.75. The quantitative estimate of drug-likeness (QED) is 0.440. The summed E-state index contributed by atoms with van der Waals surface area (Å²) in [6.45, 7) is 2.04. The summed E-state index contributed by atoms with van der Waals surface area (Å²) in [5.74, 6) is -1.01. The molecule has 7 nitrogen and oxygen atoms in total. The van der Waals surface area contributed by atoms with Gasteiger partial charge < -0.3 is 11.1 Å². The Labute approximate surface area is 123 Å². The fourth-order valence-corrected chi connectivity index (χ4v) is 1.87. The molecule has 1 aliphatic rings. The lowest BCUT2D eigenvalue weighted by molar-refractivity contribution is -0.137. The van der Waals surface area contributed by atoms with Crippen LogP contribution < -0.4 is 11.1 Å². The van der Waals surface area contributed by atoms with Crippen LogP contribution in [0.5, 0.6) is 0 Å². The molecule has 116 valence electrons. The molecule has 1 rings (SSSR count). The lowest BCUT2D eigenvalue weighted by Crippen LogP contribution is -2.35. The van der Waals surface area contributed by atoms with Gasteiger partial charge in [0.1, 0.15) is 5.78 Å². The zero-order valence-electron chi connectivity index (χ0n) is 12.1. The number of hydrogen-bond donors (Lipinski definition) is 2. The minimum Gasteiger partial charge on any atom is -0.356 e.